The Morgan fingerprint density at radius 1 is 1.29 bits per heavy atom. The van der Waals surface area contributed by atoms with Crippen molar-refractivity contribution in [2.24, 2.45) is 5.92 Å². The minimum absolute atomic E-state index is 0. The number of pyridine rings is 1. The molecule has 0 aromatic carbocycles. The number of hydrogen-bond acceptors (Lipinski definition) is 5. The van der Waals surface area contributed by atoms with Gasteiger partial charge in [-0.1, -0.05) is 6.07 Å². The molecule has 6 nitrogen and oxygen atoms in total. The van der Waals surface area contributed by atoms with Gasteiger partial charge in [-0.3, -0.25) is 4.79 Å². The Morgan fingerprint density at radius 2 is 2.04 bits per heavy atom. The molecule has 2 heterocycles. The molecule has 0 atom stereocenters. The van der Waals surface area contributed by atoms with Gasteiger partial charge in [-0.05, 0) is 31.4 Å². The third-order valence-corrected chi connectivity index (χ3v) is 4.07. The Kier molecular flexibility index (Phi) is 9.36. The smallest absolute Gasteiger partial charge is 0.234 e. The van der Waals surface area contributed by atoms with Crippen LogP contribution in [0.15, 0.2) is 18.3 Å². The van der Waals surface area contributed by atoms with Gasteiger partial charge < -0.3 is 20.3 Å². The first kappa shape index (κ1) is 21.0. The van der Waals surface area contributed by atoms with Crippen LogP contribution in [-0.4, -0.2) is 50.3 Å². The normalized spacial score (nSPS) is 16.8. The van der Waals surface area contributed by atoms with E-state index in [9.17, 15) is 4.79 Å². The zero-order chi connectivity index (χ0) is 15.2. The van der Waals surface area contributed by atoms with E-state index >= 15 is 0 Å². The monoisotopic (exact) mass is 376 g/mol. The number of carbonyl (C=O) groups excluding carboxylic acids is 1. The second-order valence-corrected chi connectivity index (χ2v) is 5.94. The molecule has 24 heavy (non-hydrogen) atoms. The molecule has 0 unspecified atom stereocenters. The van der Waals surface area contributed by atoms with Gasteiger partial charge in [0.25, 0.3) is 0 Å². The van der Waals surface area contributed by atoms with Gasteiger partial charge in [0.15, 0.2) is 0 Å². The van der Waals surface area contributed by atoms with Crippen molar-refractivity contribution in [1.29, 1.82) is 0 Å². The van der Waals surface area contributed by atoms with Crippen LogP contribution >= 0.6 is 24.8 Å². The molecular weight excluding hydrogens is 351 g/mol. The maximum absolute atomic E-state index is 11.9. The number of anilines is 1. The molecule has 0 radical (unpaired) electrons. The van der Waals surface area contributed by atoms with Gasteiger partial charge in [0.05, 0.1) is 19.8 Å². The number of morpholine rings is 1. The molecule has 136 valence electrons. The second-order valence-electron chi connectivity index (χ2n) is 5.94. The van der Waals surface area contributed by atoms with E-state index < -0.39 is 0 Å². The van der Waals surface area contributed by atoms with Gasteiger partial charge in [-0.25, -0.2) is 4.98 Å². The summed E-state index contributed by atoms with van der Waals surface area (Å²) in [6.45, 7) is 5.02. The maximum atomic E-state index is 11.9. The molecule has 1 aromatic rings. The highest BCUT2D eigenvalue weighted by Crippen LogP contribution is 2.27. The number of nitrogens with zero attached hydrogens (tertiary/aromatic N) is 2. The molecule has 1 aromatic heterocycles. The van der Waals surface area contributed by atoms with E-state index in [1.165, 1.54) is 12.8 Å². The van der Waals surface area contributed by atoms with E-state index in [4.69, 9.17) is 4.74 Å². The van der Waals surface area contributed by atoms with Crippen LogP contribution in [0.3, 0.4) is 0 Å². The van der Waals surface area contributed by atoms with Crippen molar-refractivity contribution in [2.45, 2.75) is 19.4 Å². The van der Waals surface area contributed by atoms with E-state index in [1.807, 2.05) is 12.1 Å². The molecule has 8 heteroatoms. The van der Waals surface area contributed by atoms with E-state index in [2.05, 4.69) is 20.5 Å². The number of rotatable bonds is 7. The zero-order valence-corrected chi connectivity index (χ0v) is 15.3. The minimum Gasteiger partial charge on any atom is -0.378 e. The first-order chi connectivity index (χ1) is 10.8. The standard InChI is InChI=1S/C16H24N4O2.2ClH/c21-15(12-17-10-13-3-4-13)19-11-14-2-1-5-18-16(14)20-6-8-22-9-7-20;;/h1-2,5,13,17H,3-4,6-12H2,(H,19,21);2*1H. The summed E-state index contributed by atoms with van der Waals surface area (Å²) >= 11 is 0. The number of halogens is 2. The fourth-order valence-corrected chi connectivity index (χ4v) is 2.60. The maximum Gasteiger partial charge on any atom is 0.234 e. The number of nitrogens with one attached hydrogen (secondary N) is 2. The number of ether oxygens (including phenoxy) is 1. The topological polar surface area (TPSA) is 66.5 Å². The quantitative estimate of drug-likeness (QED) is 0.752. The fourth-order valence-electron chi connectivity index (χ4n) is 2.60. The van der Waals surface area contributed by atoms with Crippen LogP contribution in [0, 0.1) is 5.92 Å². The van der Waals surface area contributed by atoms with Crippen LogP contribution in [0.1, 0.15) is 18.4 Å². The summed E-state index contributed by atoms with van der Waals surface area (Å²) in [6.07, 6.45) is 4.40. The lowest BCUT2D eigenvalue weighted by atomic mass is 10.2. The predicted molar refractivity (Wildman–Crippen MR) is 99.2 cm³/mol. The van der Waals surface area contributed by atoms with Crippen molar-refractivity contribution < 1.29 is 9.53 Å². The Labute approximate surface area is 155 Å². The minimum atomic E-state index is 0. The highest BCUT2D eigenvalue weighted by molar-refractivity contribution is 5.85. The molecule has 0 bridgehead atoms. The van der Waals surface area contributed by atoms with Gasteiger partial charge in [0.2, 0.25) is 5.91 Å². The van der Waals surface area contributed by atoms with E-state index in [-0.39, 0.29) is 30.7 Å². The van der Waals surface area contributed by atoms with Crippen molar-refractivity contribution in [1.82, 2.24) is 15.6 Å². The molecule has 2 fully saturated rings. The summed E-state index contributed by atoms with van der Waals surface area (Å²) in [7, 11) is 0. The Morgan fingerprint density at radius 3 is 2.75 bits per heavy atom. The van der Waals surface area contributed by atoms with E-state index in [0.29, 0.717) is 13.1 Å². The lowest BCUT2D eigenvalue weighted by Gasteiger charge is -2.29. The number of carbonyl (C=O) groups is 1. The Balaban J connectivity index is 0.00000144. The van der Waals surface area contributed by atoms with Crippen LogP contribution in [-0.2, 0) is 16.1 Å². The molecule has 1 aliphatic heterocycles. The van der Waals surface area contributed by atoms with E-state index in [0.717, 1.165) is 50.1 Å². The van der Waals surface area contributed by atoms with Crippen LogP contribution < -0.4 is 15.5 Å². The first-order valence-electron chi connectivity index (χ1n) is 8.07. The fraction of sp³-hybridized carbons (Fsp3) is 0.625. The van der Waals surface area contributed by atoms with Crippen LogP contribution in [0.2, 0.25) is 0 Å². The molecule has 2 aliphatic rings. The van der Waals surface area contributed by atoms with Gasteiger partial charge in [-0.2, -0.15) is 0 Å². The summed E-state index contributed by atoms with van der Waals surface area (Å²) in [4.78, 5) is 18.6. The van der Waals surface area contributed by atoms with Gasteiger partial charge in [-0.15, -0.1) is 24.8 Å². The van der Waals surface area contributed by atoms with Gasteiger partial charge >= 0.3 is 0 Å². The summed E-state index contributed by atoms with van der Waals surface area (Å²) in [5, 5.41) is 6.18. The molecule has 1 saturated carbocycles. The van der Waals surface area contributed by atoms with Crippen LogP contribution in [0.25, 0.3) is 0 Å². The highest BCUT2D eigenvalue weighted by atomic mass is 35.5. The van der Waals surface area contributed by atoms with Gasteiger partial charge in [0.1, 0.15) is 5.82 Å². The average molecular weight is 377 g/mol. The largest absolute Gasteiger partial charge is 0.378 e. The predicted octanol–water partition coefficient (Wildman–Crippen LogP) is 1.38. The van der Waals surface area contributed by atoms with Crippen molar-refractivity contribution in [3.8, 4) is 0 Å². The second kappa shape index (κ2) is 10.7. The molecule has 2 N–H and O–H groups in total. The lowest BCUT2D eigenvalue weighted by Crippen LogP contribution is -2.38. The average Bonchev–Trinajstić information content (AvgIpc) is 3.38. The molecule has 1 amide bonds. The number of amides is 1. The Bertz CT molecular complexity index is 509. The van der Waals surface area contributed by atoms with E-state index in [1.54, 1.807) is 6.20 Å². The summed E-state index contributed by atoms with van der Waals surface area (Å²) in [5.74, 6) is 1.79. The van der Waals surface area contributed by atoms with Crippen molar-refractivity contribution >= 4 is 36.5 Å². The lowest BCUT2D eigenvalue weighted by molar-refractivity contribution is -0.120. The van der Waals surface area contributed by atoms with Crippen LogP contribution in [0.5, 0.6) is 0 Å². The molecule has 1 aliphatic carbocycles. The Hall–Kier alpha value is -1.08. The molecular formula is C16H26Cl2N4O2. The molecule has 3 rings (SSSR count). The summed E-state index contributed by atoms with van der Waals surface area (Å²) < 4.78 is 5.38. The van der Waals surface area contributed by atoms with Crippen molar-refractivity contribution in [3.63, 3.8) is 0 Å². The molecule has 0 spiro atoms. The third kappa shape index (κ3) is 6.43. The number of aromatic nitrogens is 1. The van der Waals surface area contributed by atoms with Gasteiger partial charge in [0, 0.05) is 31.4 Å². The molecule has 1 saturated heterocycles. The number of hydrogen-bond donors (Lipinski definition) is 2. The zero-order valence-electron chi connectivity index (χ0n) is 13.7. The highest BCUT2D eigenvalue weighted by Gasteiger charge is 2.20. The van der Waals surface area contributed by atoms with Crippen molar-refractivity contribution in [2.75, 3.05) is 44.3 Å². The summed E-state index contributed by atoms with van der Waals surface area (Å²) in [5.41, 5.74) is 1.06. The first-order valence-corrected chi connectivity index (χ1v) is 8.07. The summed E-state index contributed by atoms with van der Waals surface area (Å²) in [6, 6.07) is 3.94. The third-order valence-electron chi connectivity index (χ3n) is 4.07. The SMILES string of the molecule is Cl.Cl.O=C(CNCC1CC1)NCc1cccnc1N1CCOCC1. The van der Waals surface area contributed by atoms with Crippen LogP contribution in [0.4, 0.5) is 5.82 Å². The van der Waals surface area contributed by atoms with Crippen molar-refractivity contribution in [3.05, 3.63) is 23.9 Å².